The lowest BCUT2D eigenvalue weighted by Crippen LogP contribution is -2.41. The maximum Gasteiger partial charge on any atom is 0.268 e. The van der Waals surface area contributed by atoms with E-state index in [0.29, 0.717) is 13.1 Å². The summed E-state index contributed by atoms with van der Waals surface area (Å²) in [6.07, 6.45) is 0. The number of nitrogens with one attached hydrogen (secondary N) is 1. The van der Waals surface area contributed by atoms with Crippen molar-refractivity contribution in [2.75, 3.05) is 0 Å². The predicted molar refractivity (Wildman–Crippen MR) is 96.0 cm³/mol. The van der Waals surface area contributed by atoms with Gasteiger partial charge in [-0.3, -0.25) is 10.2 Å². The van der Waals surface area contributed by atoms with Gasteiger partial charge in [-0.1, -0.05) is 72.8 Å². The summed E-state index contributed by atoms with van der Waals surface area (Å²) in [5.41, 5.74) is 4.99. The minimum atomic E-state index is -0.528. The molecule has 0 heterocycles. The molecule has 3 aromatic rings. The highest BCUT2D eigenvalue weighted by atomic mass is 19.1. The number of carbonyl (C=O) groups is 1. The van der Waals surface area contributed by atoms with Gasteiger partial charge in [-0.25, -0.2) is 9.40 Å². The third kappa shape index (κ3) is 4.75. The number of benzene rings is 3. The third-order valence-electron chi connectivity index (χ3n) is 3.81. The van der Waals surface area contributed by atoms with Crippen LogP contribution in [-0.2, 0) is 13.1 Å². The van der Waals surface area contributed by atoms with E-state index in [2.05, 4.69) is 5.43 Å². The monoisotopic (exact) mass is 334 g/mol. The summed E-state index contributed by atoms with van der Waals surface area (Å²) in [5, 5.41) is 1.79. The number of hydrazine groups is 1. The number of nitrogens with zero attached hydrogens (tertiary/aromatic N) is 1. The second kappa shape index (κ2) is 8.22. The van der Waals surface area contributed by atoms with Gasteiger partial charge in [0.2, 0.25) is 0 Å². The fourth-order valence-electron chi connectivity index (χ4n) is 2.59. The van der Waals surface area contributed by atoms with Crippen molar-refractivity contribution in [3.8, 4) is 0 Å². The van der Waals surface area contributed by atoms with E-state index in [-0.39, 0.29) is 5.56 Å². The van der Waals surface area contributed by atoms with E-state index in [9.17, 15) is 9.18 Å². The van der Waals surface area contributed by atoms with Crippen molar-refractivity contribution < 1.29 is 9.18 Å². The Morgan fingerprint density at radius 2 is 1.24 bits per heavy atom. The molecule has 1 N–H and O–H groups in total. The summed E-state index contributed by atoms with van der Waals surface area (Å²) in [5.74, 6) is -0.982. The van der Waals surface area contributed by atoms with Gasteiger partial charge < -0.3 is 0 Å². The summed E-state index contributed by atoms with van der Waals surface area (Å²) in [4.78, 5) is 12.5. The number of amides is 1. The predicted octanol–water partition coefficient (Wildman–Crippen LogP) is 4.17. The normalized spacial score (nSPS) is 10.6. The van der Waals surface area contributed by atoms with Crippen LogP contribution in [0.4, 0.5) is 4.39 Å². The molecule has 3 nitrogen and oxygen atoms in total. The first-order chi connectivity index (χ1) is 12.2. The van der Waals surface area contributed by atoms with Gasteiger partial charge in [-0.2, -0.15) is 0 Å². The van der Waals surface area contributed by atoms with E-state index in [1.807, 2.05) is 60.7 Å². The van der Waals surface area contributed by atoms with Crippen LogP contribution in [0.1, 0.15) is 21.5 Å². The second-order valence-electron chi connectivity index (χ2n) is 5.75. The lowest BCUT2D eigenvalue weighted by molar-refractivity contribution is 0.0755. The van der Waals surface area contributed by atoms with E-state index in [4.69, 9.17) is 0 Å². The molecule has 0 saturated carbocycles. The largest absolute Gasteiger partial charge is 0.284 e. The Morgan fingerprint density at radius 3 is 1.76 bits per heavy atom. The minimum Gasteiger partial charge on any atom is -0.284 e. The quantitative estimate of drug-likeness (QED) is 0.686. The first kappa shape index (κ1) is 16.9. The molecule has 3 aromatic carbocycles. The zero-order valence-corrected chi connectivity index (χ0v) is 13.7. The SMILES string of the molecule is O=C(NN(Cc1ccccc1)Cc1ccccc1)c1ccccc1F. The van der Waals surface area contributed by atoms with Crippen LogP contribution in [0.2, 0.25) is 0 Å². The number of carbonyl (C=O) groups excluding carboxylic acids is 1. The topological polar surface area (TPSA) is 32.3 Å². The number of halogens is 1. The average molecular weight is 334 g/mol. The zero-order valence-electron chi connectivity index (χ0n) is 13.7. The Kier molecular flexibility index (Phi) is 5.54. The van der Waals surface area contributed by atoms with Crippen LogP contribution < -0.4 is 5.43 Å². The number of hydrogen-bond donors (Lipinski definition) is 1. The summed E-state index contributed by atoms with van der Waals surface area (Å²) in [6, 6.07) is 25.7. The summed E-state index contributed by atoms with van der Waals surface area (Å²) in [7, 11) is 0. The lowest BCUT2D eigenvalue weighted by Gasteiger charge is -2.23. The molecular weight excluding hydrogens is 315 g/mol. The van der Waals surface area contributed by atoms with Gasteiger partial charge in [0, 0.05) is 13.1 Å². The molecule has 0 aliphatic rings. The van der Waals surface area contributed by atoms with E-state index in [1.165, 1.54) is 12.1 Å². The lowest BCUT2D eigenvalue weighted by atomic mass is 10.2. The van der Waals surface area contributed by atoms with Crippen molar-refractivity contribution in [1.82, 2.24) is 10.4 Å². The van der Waals surface area contributed by atoms with Gasteiger partial charge >= 0.3 is 0 Å². The van der Waals surface area contributed by atoms with Crippen molar-refractivity contribution >= 4 is 5.91 Å². The highest BCUT2D eigenvalue weighted by Gasteiger charge is 2.15. The fraction of sp³-hybridized carbons (Fsp3) is 0.0952. The molecule has 0 fully saturated rings. The van der Waals surface area contributed by atoms with Crippen molar-refractivity contribution in [3.05, 3.63) is 107 Å². The highest BCUT2D eigenvalue weighted by molar-refractivity contribution is 5.94. The molecule has 0 aromatic heterocycles. The number of hydrogen-bond acceptors (Lipinski definition) is 2. The first-order valence-corrected chi connectivity index (χ1v) is 8.10. The molecule has 0 bridgehead atoms. The Morgan fingerprint density at radius 1 is 0.760 bits per heavy atom. The van der Waals surface area contributed by atoms with Gasteiger partial charge in [0.15, 0.2) is 0 Å². The molecule has 0 radical (unpaired) electrons. The molecule has 0 aliphatic heterocycles. The van der Waals surface area contributed by atoms with Crippen molar-refractivity contribution in [3.63, 3.8) is 0 Å². The molecule has 1 amide bonds. The average Bonchev–Trinajstić information content (AvgIpc) is 2.63. The Hall–Kier alpha value is -2.98. The minimum absolute atomic E-state index is 0.0358. The van der Waals surface area contributed by atoms with Gasteiger partial charge in [0.1, 0.15) is 5.82 Å². The molecule has 0 atom stereocenters. The molecule has 126 valence electrons. The van der Waals surface area contributed by atoms with Crippen LogP contribution in [0.15, 0.2) is 84.9 Å². The summed E-state index contributed by atoms with van der Waals surface area (Å²) >= 11 is 0. The molecule has 0 unspecified atom stereocenters. The van der Waals surface area contributed by atoms with Crippen LogP contribution in [0.5, 0.6) is 0 Å². The molecule has 0 spiro atoms. The Bertz CT molecular complexity index is 780. The van der Waals surface area contributed by atoms with E-state index >= 15 is 0 Å². The molecule has 0 aliphatic carbocycles. The van der Waals surface area contributed by atoms with E-state index in [0.717, 1.165) is 11.1 Å². The number of rotatable bonds is 6. The van der Waals surface area contributed by atoms with Crippen LogP contribution >= 0.6 is 0 Å². The molecule has 0 saturated heterocycles. The Labute approximate surface area is 146 Å². The molecule has 3 rings (SSSR count). The second-order valence-corrected chi connectivity index (χ2v) is 5.75. The van der Waals surface area contributed by atoms with Crippen LogP contribution in [-0.4, -0.2) is 10.9 Å². The smallest absolute Gasteiger partial charge is 0.268 e. The van der Waals surface area contributed by atoms with Crippen LogP contribution in [0, 0.1) is 5.82 Å². The Balaban J connectivity index is 1.78. The van der Waals surface area contributed by atoms with Crippen LogP contribution in [0.25, 0.3) is 0 Å². The third-order valence-corrected chi connectivity index (χ3v) is 3.81. The summed E-state index contributed by atoms with van der Waals surface area (Å²) in [6.45, 7) is 1.05. The van der Waals surface area contributed by atoms with Gasteiger partial charge in [0.25, 0.3) is 5.91 Å². The van der Waals surface area contributed by atoms with Crippen molar-refractivity contribution in [2.24, 2.45) is 0 Å². The van der Waals surface area contributed by atoms with Crippen LogP contribution in [0.3, 0.4) is 0 Å². The van der Waals surface area contributed by atoms with Gasteiger partial charge in [-0.05, 0) is 23.3 Å². The standard InChI is InChI=1S/C21H19FN2O/c22-20-14-8-7-13-19(20)21(25)23-24(15-17-9-3-1-4-10-17)16-18-11-5-2-6-12-18/h1-14H,15-16H2,(H,23,25). The highest BCUT2D eigenvalue weighted by Crippen LogP contribution is 2.10. The van der Waals surface area contributed by atoms with E-state index < -0.39 is 11.7 Å². The summed E-state index contributed by atoms with van der Waals surface area (Å²) < 4.78 is 13.9. The molecule has 25 heavy (non-hydrogen) atoms. The zero-order chi connectivity index (χ0) is 17.5. The molecular formula is C21H19FN2O. The van der Waals surface area contributed by atoms with E-state index in [1.54, 1.807) is 17.1 Å². The maximum atomic E-state index is 13.9. The first-order valence-electron chi connectivity index (χ1n) is 8.10. The molecule has 4 heteroatoms. The van der Waals surface area contributed by atoms with Gasteiger partial charge in [0.05, 0.1) is 5.56 Å². The fourth-order valence-corrected chi connectivity index (χ4v) is 2.59. The van der Waals surface area contributed by atoms with Gasteiger partial charge in [-0.15, -0.1) is 0 Å². The maximum absolute atomic E-state index is 13.9. The van der Waals surface area contributed by atoms with Crippen molar-refractivity contribution in [2.45, 2.75) is 13.1 Å². The van der Waals surface area contributed by atoms with Crippen molar-refractivity contribution in [1.29, 1.82) is 0 Å².